The molecule has 0 amide bonds. The number of carbonyl (C=O) groups is 4. The highest BCUT2D eigenvalue weighted by atomic mass is 16.7. The summed E-state index contributed by atoms with van der Waals surface area (Å²) in [5, 5.41) is 33.3. The van der Waals surface area contributed by atoms with Crippen molar-refractivity contribution in [2.24, 2.45) is 0 Å². The van der Waals surface area contributed by atoms with Gasteiger partial charge in [0.05, 0.1) is 26.7 Å². The minimum absolute atomic E-state index is 0.00827. The third-order valence-corrected chi connectivity index (χ3v) is 7.16. The number of fused-ring (bicyclic) bond motifs is 4. The number of hydrogen-bond donors (Lipinski definition) is 3. The highest BCUT2D eigenvalue weighted by Crippen LogP contribution is 2.55. The second-order valence-corrected chi connectivity index (χ2v) is 9.28. The van der Waals surface area contributed by atoms with Gasteiger partial charge in [0.25, 0.3) is 5.79 Å². The highest BCUT2D eigenvalue weighted by Gasteiger charge is 2.56. The average Bonchev–Trinajstić information content (AvgIpc) is 3.15. The van der Waals surface area contributed by atoms with Crippen LogP contribution >= 0.6 is 0 Å². The van der Waals surface area contributed by atoms with Crippen LogP contribution in [0, 0.1) is 0 Å². The summed E-state index contributed by atoms with van der Waals surface area (Å²) < 4.78 is 26.6. The Balaban J connectivity index is 1.40. The molecule has 0 saturated carbocycles. The first kappa shape index (κ1) is 23.9. The van der Waals surface area contributed by atoms with Gasteiger partial charge in [0, 0.05) is 34.8 Å². The van der Waals surface area contributed by atoms with Gasteiger partial charge in [-0.25, -0.2) is 9.59 Å². The summed E-state index contributed by atoms with van der Waals surface area (Å²) in [6, 6.07) is 4.02. The molecular weight excluding hydrogens is 504 g/mol. The molecule has 3 heterocycles. The molecule has 0 fully saturated rings. The van der Waals surface area contributed by atoms with Gasteiger partial charge in [-0.15, -0.1) is 0 Å². The predicted molar refractivity (Wildman–Crippen MR) is 122 cm³/mol. The van der Waals surface area contributed by atoms with E-state index in [0.717, 1.165) is 13.2 Å². The number of cyclic esters (lactones) is 1. The van der Waals surface area contributed by atoms with Crippen molar-refractivity contribution in [3.63, 3.8) is 0 Å². The Morgan fingerprint density at radius 2 is 1.82 bits per heavy atom. The first-order valence-corrected chi connectivity index (χ1v) is 11.5. The van der Waals surface area contributed by atoms with Crippen LogP contribution in [0.2, 0.25) is 0 Å². The van der Waals surface area contributed by atoms with Crippen molar-refractivity contribution in [3.05, 3.63) is 63.4 Å². The number of esters is 2. The molecule has 3 N–H and O–H groups in total. The SMILES string of the molecule is COC(=O)C1Cc2cc3c(c(O)c2C(=O)O1)OC1(CC3O)Oc2cc3c(cc2C1O)C(=O)C=C(OC)C3=O. The summed E-state index contributed by atoms with van der Waals surface area (Å²) in [6.07, 6.45) is -3.46. The Kier molecular flexibility index (Phi) is 5.07. The fraction of sp³-hybridized carbons (Fsp3) is 0.308. The van der Waals surface area contributed by atoms with E-state index < -0.39 is 53.4 Å². The highest BCUT2D eigenvalue weighted by molar-refractivity contribution is 6.24. The largest absolute Gasteiger partial charge is 0.504 e. The van der Waals surface area contributed by atoms with Gasteiger partial charge in [-0.2, -0.15) is 0 Å². The van der Waals surface area contributed by atoms with Crippen LogP contribution in [0.3, 0.4) is 0 Å². The standard InChI is InChI=1S/C26H20O12/c1-34-17-7-14(27)10-5-13-16(6-11(10)20(17)29)37-26(23(13)31)8-15(28)12-3-9-4-18(24(32)35-2)36-25(33)19(9)21(30)22(12)38-26/h3,5-7,15,18,23,28,30-31H,4,8H2,1-2H3. The van der Waals surface area contributed by atoms with Gasteiger partial charge < -0.3 is 39.0 Å². The molecule has 6 rings (SSSR count). The number of benzene rings is 2. The van der Waals surface area contributed by atoms with E-state index in [-0.39, 0.29) is 63.5 Å². The molecule has 12 heteroatoms. The van der Waals surface area contributed by atoms with E-state index in [0.29, 0.717) is 0 Å². The van der Waals surface area contributed by atoms with Crippen LogP contribution in [0.5, 0.6) is 17.2 Å². The van der Waals surface area contributed by atoms with E-state index >= 15 is 0 Å². The van der Waals surface area contributed by atoms with E-state index in [2.05, 4.69) is 4.74 Å². The number of aromatic hydroxyl groups is 1. The topological polar surface area (TPSA) is 175 Å². The zero-order valence-corrected chi connectivity index (χ0v) is 20.0. The molecule has 2 aromatic rings. The van der Waals surface area contributed by atoms with Crippen LogP contribution in [0.25, 0.3) is 0 Å². The zero-order chi connectivity index (χ0) is 27.1. The van der Waals surface area contributed by atoms with E-state index in [1.165, 1.54) is 25.3 Å². The summed E-state index contributed by atoms with van der Waals surface area (Å²) in [6.45, 7) is 0. The quantitative estimate of drug-likeness (QED) is 0.479. The van der Waals surface area contributed by atoms with Crippen molar-refractivity contribution < 1.29 is 58.2 Å². The van der Waals surface area contributed by atoms with Crippen molar-refractivity contribution in [2.45, 2.75) is 36.9 Å². The van der Waals surface area contributed by atoms with Crippen molar-refractivity contribution in [2.75, 3.05) is 14.2 Å². The number of allylic oxidation sites excluding steroid dienone is 2. The lowest BCUT2D eigenvalue weighted by atomic mass is 9.86. The van der Waals surface area contributed by atoms with E-state index in [1.807, 2.05) is 0 Å². The molecular formula is C26H20O12. The Bertz CT molecular complexity index is 1500. The van der Waals surface area contributed by atoms with Gasteiger partial charge in [0.2, 0.25) is 11.9 Å². The molecule has 2 aromatic carbocycles. The van der Waals surface area contributed by atoms with Crippen LogP contribution < -0.4 is 9.47 Å². The summed E-state index contributed by atoms with van der Waals surface area (Å²) in [4.78, 5) is 49.9. The number of phenolic OH excluding ortho intramolecular Hbond substituents is 1. The molecule has 0 aromatic heterocycles. The molecule has 1 aliphatic carbocycles. The number of Topliss-reactive ketones (excluding diaryl/α,β-unsaturated/α-hetero) is 1. The molecule has 0 radical (unpaired) electrons. The number of aliphatic hydroxyl groups excluding tert-OH is 2. The van der Waals surface area contributed by atoms with E-state index in [1.54, 1.807) is 0 Å². The Morgan fingerprint density at radius 3 is 2.53 bits per heavy atom. The number of ketones is 2. The number of phenols is 1. The lowest BCUT2D eigenvalue weighted by Gasteiger charge is -2.40. The molecule has 1 spiro atoms. The van der Waals surface area contributed by atoms with E-state index in [9.17, 15) is 34.5 Å². The molecule has 196 valence electrons. The second kappa shape index (κ2) is 8.04. The predicted octanol–water partition coefficient (Wildman–Crippen LogP) is 1.19. The minimum Gasteiger partial charge on any atom is -0.504 e. The first-order chi connectivity index (χ1) is 18.1. The number of methoxy groups -OCH3 is 2. The average molecular weight is 524 g/mol. The Morgan fingerprint density at radius 1 is 1.05 bits per heavy atom. The van der Waals surface area contributed by atoms with Gasteiger partial charge in [-0.1, -0.05) is 0 Å². The number of rotatable bonds is 2. The van der Waals surface area contributed by atoms with Crippen molar-refractivity contribution in [3.8, 4) is 17.2 Å². The molecule has 0 saturated heterocycles. The maximum absolute atomic E-state index is 12.7. The molecule has 38 heavy (non-hydrogen) atoms. The van der Waals surface area contributed by atoms with Crippen molar-refractivity contribution >= 4 is 23.5 Å². The van der Waals surface area contributed by atoms with Gasteiger partial charge in [-0.05, 0) is 23.8 Å². The van der Waals surface area contributed by atoms with Gasteiger partial charge in [0.1, 0.15) is 11.3 Å². The number of ether oxygens (including phenoxy) is 5. The van der Waals surface area contributed by atoms with E-state index in [4.69, 9.17) is 18.9 Å². The van der Waals surface area contributed by atoms with Gasteiger partial charge in [0.15, 0.2) is 29.1 Å². The van der Waals surface area contributed by atoms with Crippen LogP contribution in [0.15, 0.2) is 30.0 Å². The fourth-order valence-corrected chi connectivity index (χ4v) is 5.30. The molecule has 3 aliphatic heterocycles. The third-order valence-electron chi connectivity index (χ3n) is 7.16. The van der Waals surface area contributed by atoms with Crippen LogP contribution in [0.4, 0.5) is 0 Å². The molecule has 4 atom stereocenters. The zero-order valence-electron chi connectivity index (χ0n) is 20.0. The van der Waals surface area contributed by atoms with Crippen LogP contribution in [-0.2, 0) is 25.4 Å². The smallest absolute Gasteiger partial charge is 0.347 e. The second-order valence-electron chi connectivity index (χ2n) is 9.28. The lowest BCUT2D eigenvalue weighted by molar-refractivity contribution is -0.198. The summed E-state index contributed by atoms with van der Waals surface area (Å²) in [7, 11) is 2.41. The Hall–Kier alpha value is -4.42. The summed E-state index contributed by atoms with van der Waals surface area (Å²) >= 11 is 0. The number of hydrogen-bond acceptors (Lipinski definition) is 12. The third kappa shape index (κ3) is 3.17. The number of aliphatic hydroxyl groups is 2. The maximum atomic E-state index is 12.7. The number of carbonyl (C=O) groups excluding carboxylic acids is 4. The monoisotopic (exact) mass is 524 g/mol. The normalized spacial score (nSPS) is 26.7. The molecule has 0 bridgehead atoms. The van der Waals surface area contributed by atoms with Gasteiger partial charge in [-0.3, -0.25) is 9.59 Å². The maximum Gasteiger partial charge on any atom is 0.347 e. The minimum atomic E-state index is -1.96. The first-order valence-electron chi connectivity index (χ1n) is 11.5. The summed E-state index contributed by atoms with van der Waals surface area (Å²) in [5.41, 5.74) is 0.264. The summed E-state index contributed by atoms with van der Waals surface area (Å²) in [5.74, 6) is -5.87. The Labute approximate surface area is 213 Å². The fourth-order valence-electron chi connectivity index (χ4n) is 5.30. The van der Waals surface area contributed by atoms with Crippen molar-refractivity contribution in [1.82, 2.24) is 0 Å². The van der Waals surface area contributed by atoms with Crippen LogP contribution in [0.1, 0.15) is 66.4 Å². The molecule has 4 aliphatic rings. The van der Waals surface area contributed by atoms with Crippen molar-refractivity contribution in [1.29, 1.82) is 0 Å². The van der Waals surface area contributed by atoms with Gasteiger partial charge >= 0.3 is 11.9 Å². The molecule has 12 nitrogen and oxygen atoms in total. The lowest BCUT2D eigenvalue weighted by Crippen LogP contribution is -2.48. The van der Waals surface area contributed by atoms with Crippen LogP contribution in [-0.4, -0.2) is 64.9 Å². The molecule has 4 unspecified atom stereocenters.